The van der Waals surface area contributed by atoms with Crippen LogP contribution in [0.25, 0.3) is 0 Å². The van der Waals surface area contributed by atoms with Gasteiger partial charge in [0, 0.05) is 30.4 Å². The maximum atomic E-state index is 5.85. The molecule has 0 atom stereocenters. The first-order valence-corrected chi connectivity index (χ1v) is 7.05. The van der Waals surface area contributed by atoms with Crippen molar-refractivity contribution in [1.29, 1.82) is 0 Å². The SMILES string of the molecule is Cc1ccc(CN)c(N(CCC(C)C)C2CC2)n1. The lowest BCUT2D eigenvalue weighted by Gasteiger charge is -2.26. The van der Waals surface area contributed by atoms with E-state index in [-0.39, 0.29) is 0 Å². The molecule has 0 aromatic carbocycles. The second kappa shape index (κ2) is 5.70. The van der Waals surface area contributed by atoms with Crippen LogP contribution in [0.3, 0.4) is 0 Å². The van der Waals surface area contributed by atoms with Crippen LogP contribution >= 0.6 is 0 Å². The Balaban J connectivity index is 2.21. The Bertz CT molecular complexity index is 397. The van der Waals surface area contributed by atoms with Crippen molar-refractivity contribution in [1.82, 2.24) is 4.98 Å². The van der Waals surface area contributed by atoms with Gasteiger partial charge in [-0.25, -0.2) is 4.98 Å². The van der Waals surface area contributed by atoms with Gasteiger partial charge in [-0.3, -0.25) is 0 Å². The van der Waals surface area contributed by atoms with Crippen molar-refractivity contribution in [2.75, 3.05) is 11.4 Å². The Kier molecular flexibility index (Phi) is 4.23. The van der Waals surface area contributed by atoms with Crippen molar-refractivity contribution in [2.45, 2.75) is 52.6 Å². The molecule has 0 bridgehead atoms. The maximum Gasteiger partial charge on any atom is 0.133 e. The van der Waals surface area contributed by atoms with E-state index in [2.05, 4.69) is 37.8 Å². The fraction of sp³-hybridized carbons (Fsp3) is 0.667. The van der Waals surface area contributed by atoms with Gasteiger partial charge in [-0.15, -0.1) is 0 Å². The second-order valence-electron chi connectivity index (χ2n) is 5.75. The van der Waals surface area contributed by atoms with Crippen LogP contribution in [-0.2, 0) is 6.54 Å². The first kappa shape index (κ1) is 13.3. The van der Waals surface area contributed by atoms with Crippen LogP contribution in [0.5, 0.6) is 0 Å². The third-order valence-electron chi connectivity index (χ3n) is 3.52. The van der Waals surface area contributed by atoms with Crippen LogP contribution in [0.15, 0.2) is 12.1 Å². The highest BCUT2D eigenvalue weighted by molar-refractivity contribution is 5.49. The van der Waals surface area contributed by atoms with E-state index in [1.807, 2.05) is 0 Å². The molecule has 18 heavy (non-hydrogen) atoms. The number of aromatic nitrogens is 1. The van der Waals surface area contributed by atoms with Crippen LogP contribution in [0.4, 0.5) is 5.82 Å². The number of pyridine rings is 1. The molecule has 1 fully saturated rings. The summed E-state index contributed by atoms with van der Waals surface area (Å²) in [4.78, 5) is 7.21. The second-order valence-corrected chi connectivity index (χ2v) is 5.75. The Hall–Kier alpha value is -1.09. The fourth-order valence-corrected chi connectivity index (χ4v) is 2.22. The monoisotopic (exact) mass is 247 g/mol. The van der Waals surface area contributed by atoms with E-state index in [1.54, 1.807) is 0 Å². The highest BCUT2D eigenvalue weighted by atomic mass is 15.2. The molecule has 1 saturated carbocycles. The summed E-state index contributed by atoms with van der Waals surface area (Å²) in [6.07, 6.45) is 3.82. The lowest BCUT2D eigenvalue weighted by molar-refractivity contribution is 0.567. The predicted octanol–water partition coefficient (Wildman–Crippen LogP) is 2.86. The van der Waals surface area contributed by atoms with Crippen molar-refractivity contribution in [3.05, 3.63) is 23.4 Å². The van der Waals surface area contributed by atoms with Gasteiger partial charge in [-0.1, -0.05) is 19.9 Å². The summed E-state index contributed by atoms with van der Waals surface area (Å²) in [7, 11) is 0. The zero-order valence-corrected chi connectivity index (χ0v) is 11.8. The van der Waals surface area contributed by atoms with Gasteiger partial charge in [-0.05, 0) is 38.2 Å². The summed E-state index contributed by atoms with van der Waals surface area (Å²) in [6, 6.07) is 4.88. The van der Waals surface area contributed by atoms with Crippen molar-refractivity contribution in [3.8, 4) is 0 Å². The first-order chi connectivity index (χ1) is 8.61. The minimum atomic E-state index is 0.577. The average Bonchev–Trinajstić information content (AvgIpc) is 3.14. The van der Waals surface area contributed by atoms with E-state index >= 15 is 0 Å². The van der Waals surface area contributed by atoms with Crippen LogP contribution in [0.2, 0.25) is 0 Å². The molecule has 0 spiro atoms. The highest BCUT2D eigenvalue weighted by Crippen LogP contribution is 2.33. The zero-order valence-electron chi connectivity index (χ0n) is 11.8. The summed E-state index contributed by atoms with van der Waals surface area (Å²) in [5.41, 5.74) is 8.11. The van der Waals surface area contributed by atoms with Crippen molar-refractivity contribution < 1.29 is 0 Å². The van der Waals surface area contributed by atoms with E-state index in [1.165, 1.54) is 24.8 Å². The number of hydrogen-bond donors (Lipinski definition) is 1. The summed E-state index contributed by atoms with van der Waals surface area (Å²) in [6.45, 7) is 8.29. The average molecular weight is 247 g/mol. The molecular weight excluding hydrogens is 222 g/mol. The van der Waals surface area contributed by atoms with E-state index in [0.717, 1.165) is 24.0 Å². The molecule has 1 heterocycles. The Morgan fingerprint density at radius 1 is 1.39 bits per heavy atom. The minimum Gasteiger partial charge on any atom is -0.353 e. The van der Waals surface area contributed by atoms with E-state index < -0.39 is 0 Å². The standard InChI is InChI=1S/C15H25N3/c1-11(2)8-9-18(14-6-7-14)15-13(10-16)5-4-12(3)17-15/h4-5,11,14H,6-10,16H2,1-3H3. The molecule has 2 N–H and O–H groups in total. The summed E-state index contributed by atoms with van der Waals surface area (Å²) in [5.74, 6) is 1.86. The van der Waals surface area contributed by atoms with E-state index in [0.29, 0.717) is 12.6 Å². The minimum absolute atomic E-state index is 0.577. The molecule has 1 aromatic heterocycles. The largest absolute Gasteiger partial charge is 0.353 e. The summed E-state index contributed by atoms with van der Waals surface area (Å²) < 4.78 is 0. The first-order valence-electron chi connectivity index (χ1n) is 7.05. The molecule has 0 aliphatic heterocycles. The van der Waals surface area contributed by atoms with Gasteiger partial charge in [0.15, 0.2) is 0 Å². The van der Waals surface area contributed by atoms with Gasteiger partial charge in [0.05, 0.1) is 0 Å². The van der Waals surface area contributed by atoms with Gasteiger partial charge >= 0.3 is 0 Å². The summed E-state index contributed by atoms with van der Waals surface area (Å²) >= 11 is 0. The van der Waals surface area contributed by atoms with Gasteiger partial charge in [0.2, 0.25) is 0 Å². The molecule has 100 valence electrons. The molecule has 0 amide bonds. The molecule has 1 aliphatic carbocycles. The molecule has 3 heteroatoms. The molecule has 1 aliphatic rings. The smallest absolute Gasteiger partial charge is 0.133 e. The topological polar surface area (TPSA) is 42.1 Å². The third-order valence-corrected chi connectivity index (χ3v) is 3.52. The van der Waals surface area contributed by atoms with Crippen LogP contribution < -0.4 is 10.6 Å². The Morgan fingerprint density at radius 3 is 2.67 bits per heavy atom. The van der Waals surface area contributed by atoms with Crippen molar-refractivity contribution >= 4 is 5.82 Å². The normalized spacial score (nSPS) is 15.2. The molecule has 3 nitrogen and oxygen atoms in total. The predicted molar refractivity (Wildman–Crippen MR) is 76.7 cm³/mol. The van der Waals surface area contributed by atoms with Crippen LogP contribution in [-0.4, -0.2) is 17.6 Å². The number of nitrogens with two attached hydrogens (primary N) is 1. The van der Waals surface area contributed by atoms with Crippen molar-refractivity contribution in [3.63, 3.8) is 0 Å². The molecule has 2 rings (SSSR count). The molecule has 0 unspecified atom stereocenters. The zero-order chi connectivity index (χ0) is 13.1. The van der Waals surface area contributed by atoms with Crippen LogP contribution in [0, 0.1) is 12.8 Å². The van der Waals surface area contributed by atoms with Crippen LogP contribution in [0.1, 0.15) is 44.4 Å². The maximum absolute atomic E-state index is 5.85. The third kappa shape index (κ3) is 3.22. The summed E-state index contributed by atoms with van der Waals surface area (Å²) in [5, 5.41) is 0. The number of anilines is 1. The number of aryl methyl sites for hydroxylation is 1. The molecular formula is C15H25N3. The Morgan fingerprint density at radius 2 is 2.11 bits per heavy atom. The van der Waals surface area contributed by atoms with E-state index in [9.17, 15) is 0 Å². The van der Waals surface area contributed by atoms with Gasteiger partial charge in [-0.2, -0.15) is 0 Å². The van der Waals surface area contributed by atoms with Gasteiger partial charge < -0.3 is 10.6 Å². The highest BCUT2D eigenvalue weighted by Gasteiger charge is 2.30. The Labute approximate surface area is 110 Å². The molecule has 0 saturated heterocycles. The number of hydrogen-bond acceptors (Lipinski definition) is 3. The fourth-order valence-electron chi connectivity index (χ4n) is 2.22. The lowest BCUT2D eigenvalue weighted by atomic mass is 10.1. The van der Waals surface area contributed by atoms with Gasteiger partial charge in [0.25, 0.3) is 0 Å². The van der Waals surface area contributed by atoms with Gasteiger partial charge in [0.1, 0.15) is 5.82 Å². The molecule has 0 radical (unpaired) electrons. The quantitative estimate of drug-likeness (QED) is 0.840. The lowest BCUT2D eigenvalue weighted by Crippen LogP contribution is -2.30. The van der Waals surface area contributed by atoms with Crippen molar-refractivity contribution in [2.24, 2.45) is 11.7 Å². The number of nitrogens with zero attached hydrogens (tertiary/aromatic N) is 2. The van der Waals surface area contributed by atoms with E-state index in [4.69, 9.17) is 10.7 Å². The molecule has 1 aromatic rings. The number of rotatable bonds is 6.